The number of rotatable bonds is 2. The van der Waals surface area contributed by atoms with E-state index in [1.165, 1.54) is 5.56 Å². The van der Waals surface area contributed by atoms with E-state index in [9.17, 15) is 0 Å². The Morgan fingerprint density at radius 2 is 1.89 bits per heavy atom. The fourth-order valence-electron chi connectivity index (χ4n) is 2.05. The van der Waals surface area contributed by atoms with Gasteiger partial charge in [0.25, 0.3) is 0 Å². The summed E-state index contributed by atoms with van der Waals surface area (Å²) >= 11 is 0. The Labute approximate surface area is 108 Å². The molecular formula is C14H20N4. The lowest BCUT2D eigenvalue weighted by atomic mass is 10.0. The largest absolute Gasteiger partial charge is 0.398 e. The van der Waals surface area contributed by atoms with Crippen molar-refractivity contribution < 1.29 is 0 Å². The number of nitrogen functional groups attached to an aromatic ring is 1. The van der Waals surface area contributed by atoms with Gasteiger partial charge in [-0.05, 0) is 31.0 Å². The second-order valence-corrected chi connectivity index (χ2v) is 5.11. The Morgan fingerprint density at radius 3 is 2.44 bits per heavy atom. The second-order valence-electron chi connectivity index (χ2n) is 5.11. The summed E-state index contributed by atoms with van der Waals surface area (Å²) < 4.78 is 1.81. The highest BCUT2D eigenvalue weighted by Gasteiger charge is 2.15. The third-order valence-electron chi connectivity index (χ3n) is 3.07. The second kappa shape index (κ2) is 4.44. The molecule has 1 aromatic carbocycles. The van der Waals surface area contributed by atoms with Crippen molar-refractivity contribution in [3.05, 3.63) is 29.1 Å². The smallest absolute Gasteiger partial charge is 0.160 e. The number of anilines is 1. The van der Waals surface area contributed by atoms with Crippen molar-refractivity contribution in [3.8, 4) is 11.4 Å². The average molecular weight is 244 g/mol. The molecule has 96 valence electrons. The maximum absolute atomic E-state index is 6.16. The maximum Gasteiger partial charge on any atom is 0.160 e. The molecule has 0 saturated heterocycles. The zero-order valence-corrected chi connectivity index (χ0v) is 11.7. The van der Waals surface area contributed by atoms with Crippen LogP contribution < -0.4 is 5.73 Å². The molecule has 0 atom stereocenters. The van der Waals surface area contributed by atoms with Crippen molar-refractivity contribution in [3.63, 3.8) is 0 Å². The van der Waals surface area contributed by atoms with Crippen LogP contribution in [0.4, 0.5) is 5.69 Å². The predicted octanol–water partition coefficient (Wildman–Crippen LogP) is 2.80. The van der Waals surface area contributed by atoms with Gasteiger partial charge in [0.15, 0.2) is 11.6 Å². The predicted molar refractivity (Wildman–Crippen MR) is 74.4 cm³/mol. The van der Waals surface area contributed by atoms with E-state index in [1.807, 2.05) is 14.0 Å². The minimum absolute atomic E-state index is 0.317. The molecule has 2 N–H and O–H groups in total. The Bertz CT molecular complexity index is 582. The molecule has 0 saturated carbocycles. The topological polar surface area (TPSA) is 56.7 Å². The first-order chi connectivity index (χ1) is 8.40. The van der Waals surface area contributed by atoms with E-state index in [1.54, 1.807) is 4.68 Å². The standard InChI is InChI=1S/C14H20N4/c1-8(2)13-16-14(18(5)17-13)11-7-9(3)6-10(4)12(11)15/h6-8H,15H2,1-5H3. The van der Waals surface area contributed by atoms with Gasteiger partial charge in [-0.2, -0.15) is 5.10 Å². The van der Waals surface area contributed by atoms with Crippen molar-refractivity contribution >= 4 is 5.69 Å². The Morgan fingerprint density at radius 1 is 1.22 bits per heavy atom. The highest BCUT2D eigenvalue weighted by Crippen LogP contribution is 2.29. The van der Waals surface area contributed by atoms with Gasteiger partial charge in [0.1, 0.15) is 0 Å². The van der Waals surface area contributed by atoms with Crippen LogP contribution in [0.5, 0.6) is 0 Å². The summed E-state index contributed by atoms with van der Waals surface area (Å²) in [5.41, 5.74) is 10.2. The van der Waals surface area contributed by atoms with Crippen LogP contribution in [0.25, 0.3) is 11.4 Å². The number of aromatic nitrogens is 3. The zero-order chi connectivity index (χ0) is 13.4. The van der Waals surface area contributed by atoms with Gasteiger partial charge in [0.05, 0.1) is 0 Å². The Hall–Kier alpha value is -1.84. The first-order valence-electron chi connectivity index (χ1n) is 6.18. The van der Waals surface area contributed by atoms with Gasteiger partial charge in [-0.3, -0.25) is 0 Å². The van der Waals surface area contributed by atoms with Gasteiger partial charge in [0, 0.05) is 24.2 Å². The molecule has 1 heterocycles. The molecule has 0 bridgehead atoms. The van der Waals surface area contributed by atoms with Crippen molar-refractivity contribution in [2.45, 2.75) is 33.6 Å². The lowest BCUT2D eigenvalue weighted by Crippen LogP contribution is -2.00. The van der Waals surface area contributed by atoms with E-state index in [2.05, 4.69) is 43.0 Å². The van der Waals surface area contributed by atoms with E-state index in [-0.39, 0.29) is 0 Å². The molecule has 0 aliphatic heterocycles. The molecule has 1 aromatic heterocycles. The van der Waals surface area contributed by atoms with Crippen LogP contribution in [0.2, 0.25) is 0 Å². The van der Waals surface area contributed by atoms with Gasteiger partial charge >= 0.3 is 0 Å². The SMILES string of the molecule is Cc1cc(C)c(N)c(-c2nc(C(C)C)nn2C)c1. The molecule has 0 fully saturated rings. The number of benzene rings is 1. The summed E-state index contributed by atoms with van der Waals surface area (Å²) in [6, 6.07) is 4.15. The van der Waals surface area contributed by atoms with Gasteiger partial charge in [-0.15, -0.1) is 0 Å². The lowest BCUT2D eigenvalue weighted by Gasteiger charge is -2.09. The third kappa shape index (κ3) is 2.10. The normalized spacial score (nSPS) is 11.2. The Kier molecular flexibility index (Phi) is 3.11. The Balaban J connectivity index is 2.62. The number of hydrogen-bond acceptors (Lipinski definition) is 3. The van der Waals surface area contributed by atoms with Crippen LogP contribution in [0.3, 0.4) is 0 Å². The van der Waals surface area contributed by atoms with E-state index >= 15 is 0 Å². The lowest BCUT2D eigenvalue weighted by molar-refractivity contribution is 0.712. The van der Waals surface area contributed by atoms with Crippen molar-refractivity contribution in [1.29, 1.82) is 0 Å². The molecule has 18 heavy (non-hydrogen) atoms. The number of nitrogens with zero attached hydrogens (tertiary/aromatic N) is 3. The summed E-state index contributed by atoms with van der Waals surface area (Å²) in [6.45, 7) is 8.26. The van der Waals surface area contributed by atoms with E-state index < -0.39 is 0 Å². The summed E-state index contributed by atoms with van der Waals surface area (Å²) in [7, 11) is 1.91. The van der Waals surface area contributed by atoms with Gasteiger partial charge in [0.2, 0.25) is 0 Å². The van der Waals surface area contributed by atoms with Crippen LogP contribution >= 0.6 is 0 Å². The molecule has 4 heteroatoms. The molecular weight excluding hydrogens is 224 g/mol. The zero-order valence-electron chi connectivity index (χ0n) is 11.7. The van der Waals surface area contributed by atoms with Crippen molar-refractivity contribution in [2.75, 3.05) is 5.73 Å². The fourth-order valence-corrected chi connectivity index (χ4v) is 2.05. The highest BCUT2D eigenvalue weighted by atomic mass is 15.3. The van der Waals surface area contributed by atoms with Crippen LogP contribution in [0, 0.1) is 13.8 Å². The van der Waals surface area contributed by atoms with E-state index in [4.69, 9.17) is 5.73 Å². The molecule has 0 aliphatic rings. The first-order valence-corrected chi connectivity index (χ1v) is 6.18. The number of nitrogens with two attached hydrogens (primary N) is 1. The van der Waals surface area contributed by atoms with Gasteiger partial charge in [-0.25, -0.2) is 9.67 Å². The minimum atomic E-state index is 0.317. The van der Waals surface area contributed by atoms with Crippen LogP contribution in [0.1, 0.15) is 36.7 Å². The summed E-state index contributed by atoms with van der Waals surface area (Å²) in [5.74, 6) is 2.01. The van der Waals surface area contributed by atoms with Crippen molar-refractivity contribution in [2.24, 2.45) is 7.05 Å². The third-order valence-corrected chi connectivity index (χ3v) is 3.07. The molecule has 0 amide bonds. The first kappa shape index (κ1) is 12.6. The van der Waals surface area contributed by atoms with Crippen LogP contribution in [-0.2, 0) is 7.05 Å². The molecule has 0 radical (unpaired) electrons. The number of aryl methyl sites for hydroxylation is 3. The molecule has 0 spiro atoms. The summed E-state index contributed by atoms with van der Waals surface area (Å²) in [4.78, 5) is 4.59. The van der Waals surface area contributed by atoms with Gasteiger partial charge in [-0.1, -0.05) is 19.9 Å². The van der Waals surface area contributed by atoms with Crippen molar-refractivity contribution in [1.82, 2.24) is 14.8 Å². The quantitative estimate of drug-likeness (QED) is 0.826. The molecule has 4 nitrogen and oxygen atoms in total. The van der Waals surface area contributed by atoms with Crippen LogP contribution in [0.15, 0.2) is 12.1 Å². The molecule has 2 aromatic rings. The van der Waals surface area contributed by atoms with Gasteiger partial charge < -0.3 is 5.73 Å². The number of hydrogen-bond donors (Lipinski definition) is 1. The molecule has 2 rings (SSSR count). The summed E-state index contributed by atoms with van der Waals surface area (Å²) in [5, 5.41) is 4.44. The maximum atomic E-state index is 6.16. The van der Waals surface area contributed by atoms with Crippen LogP contribution in [-0.4, -0.2) is 14.8 Å². The highest BCUT2D eigenvalue weighted by molar-refractivity contribution is 5.75. The molecule has 0 aliphatic carbocycles. The van der Waals surface area contributed by atoms with E-state index in [0.29, 0.717) is 5.92 Å². The van der Waals surface area contributed by atoms with E-state index in [0.717, 1.165) is 28.5 Å². The average Bonchev–Trinajstić information content (AvgIpc) is 2.66. The molecule has 0 unspecified atom stereocenters. The fraction of sp³-hybridized carbons (Fsp3) is 0.429. The monoisotopic (exact) mass is 244 g/mol. The minimum Gasteiger partial charge on any atom is -0.398 e. The summed E-state index contributed by atoms with van der Waals surface area (Å²) in [6.07, 6.45) is 0.